The molecule has 0 saturated heterocycles. The second kappa shape index (κ2) is 5.87. The third kappa shape index (κ3) is 3.14. The molecule has 0 saturated carbocycles. The summed E-state index contributed by atoms with van der Waals surface area (Å²) in [5, 5.41) is 10.7. The molecule has 0 aliphatic heterocycles. The van der Waals surface area contributed by atoms with Crippen LogP contribution in [-0.4, -0.2) is 17.0 Å². The average Bonchev–Trinajstić information content (AvgIpc) is 2.46. The van der Waals surface area contributed by atoms with Crippen LogP contribution >= 0.6 is 0 Å². The first-order chi connectivity index (χ1) is 9.60. The summed E-state index contributed by atoms with van der Waals surface area (Å²) < 4.78 is 10.6. The standard InChI is InChI=1S/C13H13N3O4/c1-19-12-6-10(16(17)18)3-4-11(12)20-8-9-2-5-13(14)15-7-9/h2-7H,8H2,1H3,(H2,14,15). The van der Waals surface area contributed by atoms with Crippen LogP contribution in [0.4, 0.5) is 11.5 Å². The molecule has 0 unspecified atom stereocenters. The van der Waals surface area contributed by atoms with Gasteiger partial charge in [0.25, 0.3) is 5.69 Å². The third-order valence-corrected chi connectivity index (χ3v) is 2.60. The van der Waals surface area contributed by atoms with E-state index in [1.807, 2.05) is 0 Å². The number of nitro groups is 1. The van der Waals surface area contributed by atoms with Gasteiger partial charge < -0.3 is 15.2 Å². The molecule has 2 aromatic rings. The van der Waals surface area contributed by atoms with Gasteiger partial charge in [0, 0.05) is 17.8 Å². The van der Waals surface area contributed by atoms with Crippen molar-refractivity contribution >= 4 is 11.5 Å². The van der Waals surface area contributed by atoms with E-state index in [0.717, 1.165) is 5.56 Å². The molecule has 0 atom stereocenters. The molecule has 0 radical (unpaired) electrons. The second-order valence-corrected chi connectivity index (χ2v) is 3.97. The maximum absolute atomic E-state index is 10.7. The monoisotopic (exact) mass is 275 g/mol. The molecule has 1 aromatic heterocycles. The lowest BCUT2D eigenvalue weighted by Crippen LogP contribution is -2.00. The molecule has 20 heavy (non-hydrogen) atoms. The number of methoxy groups -OCH3 is 1. The fourth-order valence-corrected chi connectivity index (χ4v) is 1.57. The van der Waals surface area contributed by atoms with Gasteiger partial charge in [0.2, 0.25) is 0 Å². The van der Waals surface area contributed by atoms with Crippen LogP contribution in [0.3, 0.4) is 0 Å². The average molecular weight is 275 g/mol. The van der Waals surface area contributed by atoms with Gasteiger partial charge in [-0.1, -0.05) is 6.07 Å². The molecule has 0 aliphatic rings. The highest BCUT2D eigenvalue weighted by atomic mass is 16.6. The molecule has 104 valence electrons. The van der Waals surface area contributed by atoms with Crippen LogP contribution in [0.5, 0.6) is 11.5 Å². The number of aromatic nitrogens is 1. The van der Waals surface area contributed by atoms with E-state index in [-0.39, 0.29) is 12.3 Å². The molecule has 0 fully saturated rings. The van der Waals surface area contributed by atoms with E-state index in [9.17, 15) is 10.1 Å². The van der Waals surface area contributed by atoms with Crippen LogP contribution in [0.15, 0.2) is 36.5 Å². The number of nitrogen functional groups attached to an aromatic ring is 1. The highest BCUT2D eigenvalue weighted by Crippen LogP contribution is 2.31. The van der Waals surface area contributed by atoms with Crippen molar-refractivity contribution in [1.29, 1.82) is 0 Å². The molecule has 0 aliphatic carbocycles. The Morgan fingerprint density at radius 2 is 2.10 bits per heavy atom. The lowest BCUT2D eigenvalue weighted by atomic mass is 10.2. The molecule has 2 rings (SSSR count). The Morgan fingerprint density at radius 1 is 1.30 bits per heavy atom. The highest BCUT2D eigenvalue weighted by Gasteiger charge is 2.12. The summed E-state index contributed by atoms with van der Waals surface area (Å²) in [5.41, 5.74) is 6.27. The maximum atomic E-state index is 10.7. The van der Waals surface area contributed by atoms with Crippen LogP contribution in [0, 0.1) is 10.1 Å². The van der Waals surface area contributed by atoms with Crippen molar-refractivity contribution in [3.63, 3.8) is 0 Å². The highest BCUT2D eigenvalue weighted by molar-refractivity contribution is 5.48. The van der Waals surface area contributed by atoms with Crippen molar-refractivity contribution in [2.45, 2.75) is 6.61 Å². The Morgan fingerprint density at radius 3 is 2.70 bits per heavy atom. The number of nitro benzene ring substituents is 1. The lowest BCUT2D eigenvalue weighted by molar-refractivity contribution is -0.385. The van der Waals surface area contributed by atoms with E-state index in [2.05, 4.69) is 4.98 Å². The maximum Gasteiger partial charge on any atom is 0.273 e. The summed E-state index contributed by atoms with van der Waals surface area (Å²) in [4.78, 5) is 14.1. The first kappa shape index (κ1) is 13.6. The van der Waals surface area contributed by atoms with E-state index in [1.165, 1.54) is 25.3 Å². The minimum atomic E-state index is -0.490. The molecule has 1 heterocycles. The fraction of sp³-hybridized carbons (Fsp3) is 0.154. The number of non-ortho nitro benzene ring substituents is 1. The molecule has 0 amide bonds. The third-order valence-electron chi connectivity index (χ3n) is 2.60. The smallest absolute Gasteiger partial charge is 0.273 e. The van der Waals surface area contributed by atoms with Crippen LogP contribution in [0.1, 0.15) is 5.56 Å². The predicted molar refractivity (Wildman–Crippen MR) is 72.6 cm³/mol. The van der Waals surface area contributed by atoms with E-state index in [0.29, 0.717) is 17.3 Å². The number of ether oxygens (including phenoxy) is 2. The Balaban J connectivity index is 2.12. The van der Waals surface area contributed by atoms with Crippen molar-refractivity contribution in [3.8, 4) is 11.5 Å². The van der Waals surface area contributed by atoms with Gasteiger partial charge in [0.15, 0.2) is 11.5 Å². The SMILES string of the molecule is COc1cc([N+](=O)[O-])ccc1OCc1ccc(N)nc1. The van der Waals surface area contributed by atoms with Gasteiger partial charge in [0.05, 0.1) is 18.1 Å². The lowest BCUT2D eigenvalue weighted by Gasteiger charge is -2.10. The van der Waals surface area contributed by atoms with Crippen LogP contribution in [0.25, 0.3) is 0 Å². The van der Waals surface area contributed by atoms with Crippen LogP contribution in [-0.2, 0) is 6.61 Å². The molecule has 0 spiro atoms. The van der Waals surface area contributed by atoms with Crippen molar-refractivity contribution < 1.29 is 14.4 Å². The van der Waals surface area contributed by atoms with Crippen molar-refractivity contribution in [3.05, 3.63) is 52.2 Å². The zero-order valence-corrected chi connectivity index (χ0v) is 10.8. The molecule has 7 nitrogen and oxygen atoms in total. The number of rotatable bonds is 5. The largest absolute Gasteiger partial charge is 0.493 e. The summed E-state index contributed by atoms with van der Waals surface area (Å²) in [5.74, 6) is 1.17. The van der Waals surface area contributed by atoms with Crippen molar-refractivity contribution in [1.82, 2.24) is 4.98 Å². The summed E-state index contributed by atoms with van der Waals surface area (Å²) in [6, 6.07) is 7.64. The number of anilines is 1. The Bertz CT molecular complexity index is 614. The number of benzene rings is 1. The molecular formula is C13H13N3O4. The topological polar surface area (TPSA) is 101 Å². The van der Waals surface area contributed by atoms with E-state index in [1.54, 1.807) is 18.3 Å². The number of nitrogens with two attached hydrogens (primary N) is 1. The zero-order chi connectivity index (χ0) is 14.5. The van der Waals surface area contributed by atoms with Gasteiger partial charge in [-0.05, 0) is 12.1 Å². The number of hydrogen-bond acceptors (Lipinski definition) is 6. The minimum Gasteiger partial charge on any atom is -0.493 e. The Labute approximate surface area is 115 Å². The first-order valence-corrected chi connectivity index (χ1v) is 5.76. The van der Waals surface area contributed by atoms with Crippen LogP contribution in [0.2, 0.25) is 0 Å². The van der Waals surface area contributed by atoms with Gasteiger partial charge in [-0.15, -0.1) is 0 Å². The quantitative estimate of drug-likeness (QED) is 0.662. The summed E-state index contributed by atoms with van der Waals surface area (Å²) >= 11 is 0. The molecule has 2 N–H and O–H groups in total. The van der Waals surface area contributed by atoms with E-state index in [4.69, 9.17) is 15.2 Å². The molecule has 1 aromatic carbocycles. The predicted octanol–water partition coefficient (Wildman–Crippen LogP) is 2.16. The zero-order valence-electron chi connectivity index (χ0n) is 10.8. The van der Waals surface area contributed by atoms with Gasteiger partial charge in [-0.3, -0.25) is 10.1 Å². The van der Waals surface area contributed by atoms with E-state index < -0.39 is 4.92 Å². The van der Waals surface area contributed by atoms with Gasteiger partial charge in [0.1, 0.15) is 12.4 Å². The van der Waals surface area contributed by atoms with Gasteiger partial charge >= 0.3 is 0 Å². The summed E-state index contributed by atoms with van der Waals surface area (Å²) in [6.45, 7) is 0.265. The summed E-state index contributed by atoms with van der Waals surface area (Å²) in [7, 11) is 1.43. The number of nitrogens with zero attached hydrogens (tertiary/aromatic N) is 2. The first-order valence-electron chi connectivity index (χ1n) is 5.76. The number of hydrogen-bond donors (Lipinski definition) is 1. The second-order valence-electron chi connectivity index (χ2n) is 3.97. The molecule has 0 bridgehead atoms. The van der Waals surface area contributed by atoms with Gasteiger partial charge in [-0.25, -0.2) is 4.98 Å². The van der Waals surface area contributed by atoms with Crippen molar-refractivity contribution in [2.24, 2.45) is 0 Å². The normalized spacial score (nSPS) is 10.1. The van der Waals surface area contributed by atoms with Crippen LogP contribution < -0.4 is 15.2 Å². The Kier molecular flexibility index (Phi) is 3.99. The fourth-order valence-electron chi connectivity index (χ4n) is 1.57. The van der Waals surface area contributed by atoms with Gasteiger partial charge in [-0.2, -0.15) is 0 Å². The van der Waals surface area contributed by atoms with Crippen molar-refractivity contribution in [2.75, 3.05) is 12.8 Å². The molecule has 7 heteroatoms. The number of pyridine rings is 1. The Hall–Kier alpha value is -2.83. The van der Waals surface area contributed by atoms with E-state index >= 15 is 0 Å². The minimum absolute atomic E-state index is 0.0525. The molecular weight excluding hydrogens is 262 g/mol. The summed E-state index contributed by atoms with van der Waals surface area (Å²) in [6.07, 6.45) is 1.60.